The van der Waals surface area contributed by atoms with E-state index in [1.165, 1.54) is 0 Å². The summed E-state index contributed by atoms with van der Waals surface area (Å²) in [6.45, 7) is 2.37. The summed E-state index contributed by atoms with van der Waals surface area (Å²) in [5, 5.41) is 12.4. The lowest BCUT2D eigenvalue weighted by Crippen LogP contribution is -2.27. The van der Waals surface area contributed by atoms with Gasteiger partial charge in [0.1, 0.15) is 6.54 Å². The lowest BCUT2D eigenvalue weighted by molar-refractivity contribution is -0.121. The number of hydrogen-bond donors (Lipinski definition) is 3. The van der Waals surface area contributed by atoms with E-state index < -0.39 is 0 Å². The Morgan fingerprint density at radius 2 is 1.93 bits per heavy atom. The molecule has 0 aliphatic carbocycles. The summed E-state index contributed by atoms with van der Waals surface area (Å²) in [6, 6.07) is 15.0. The highest BCUT2D eigenvalue weighted by Crippen LogP contribution is 2.17. The maximum Gasteiger partial charge on any atom is 0.251 e. The molecule has 28 heavy (non-hydrogen) atoms. The van der Waals surface area contributed by atoms with Crippen molar-refractivity contribution >= 4 is 24.0 Å². The van der Waals surface area contributed by atoms with Gasteiger partial charge in [0, 0.05) is 24.7 Å². The van der Waals surface area contributed by atoms with Crippen LogP contribution in [0.4, 0.5) is 0 Å². The molecule has 0 aliphatic rings. The number of aryl methyl sites for hydroxylation is 1. The summed E-state index contributed by atoms with van der Waals surface area (Å²) < 4.78 is 2.04. The number of nitrogens with one attached hydrogen (secondary N) is 3. The van der Waals surface area contributed by atoms with Crippen molar-refractivity contribution < 1.29 is 9.59 Å². The summed E-state index contributed by atoms with van der Waals surface area (Å²) in [7, 11) is 1.58. The first-order valence-corrected chi connectivity index (χ1v) is 9.18. The SMILES string of the molecule is CNC(=O)c1cccc(CNC(=O)Cn2c(-c3ccc(C)cc3)n[nH]c2=S)c1. The number of nitrogens with zero attached hydrogens (tertiary/aromatic N) is 2. The molecule has 2 amide bonds. The number of aromatic amines is 1. The van der Waals surface area contributed by atoms with Crippen LogP contribution in [0.5, 0.6) is 0 Å². The average molecular weight is 395 g/mol. The Kier molecular flexibility index (Phi) is 6.00. The Hall–Kier alpha value is -3.26. The van der Waals surface area contributed by atoms with E-state index in [1.807, 2.05) is 37.3 Å². The molecule has 2 aromatic carbocycles. The molecule has 0 bridgehead atoms. The molecule has 0 fully saturated rings. The molecule has 0 saturated heterocycles. The second kappa shape index (κ2) is 8.62. The van der Waals surface area contributed by atoms with Crippen molar-refractivity contribution in [1.29, 1.82) is 0 Å². The van der Waals surface area contributed by atoms with Crippen molar-refractivity contribution in [1.82, 2.24) is 25.4 Å². The topological polar surface area (TPSA) is 91.8 Å². The molecular formula is C20H21N5O2S. The molecule has 3 rings (SSSR count). The number of carbonyl (C=O) groups is 2. The van der Waals surface area contributed by atoms with Crippen LogP contribution in [-0.2, 0) is 17.9 Å². The first kappa shape index (κ1) is 19.5. The number of hydrogen-bond acceptors (Lipinski definition) is 4. The van der Waals surface area contributed by atoms with Crippen molar-refractivity contribution in [2.75, 3.05) is 7.05 Å². The van der Waals surface area contributed by atoms with Crippen molar-refractivity contribution in [3.8, 4) is 11.4 Å². The molecule has 7 nitrogen and oxygen atoms in total. The summed E-state index contributed by atoms with van der Waals surface area (Å²) in [5.41, 5.74) is 3.40. The predicted octanol–water partition coefficient (Wildman–Crippen LogP) is 2.59. The fourth-order valence-corrected chi connectivity index (χ4v) is 2.95. The lowest BCUT2D eigenvalue weighted by atomic mass is 10.1. The van der Waals surface area contributed by atoms with Gasteiger partial charge >= 0.3 is 0 Å². The molecule has 1 heterocycles. The fraction of sp³-hybridized carbons (Fsp3) is 0.200. The minimum absolute atomic E-state index is 0.0493. The highest BCUT2D eigenvalue weighted by atomic mass is 32.1. The fourth-order valence-electron chi connectivity index (χ4n) is 2.75. The molecule has 1 aromatic heterocycles. The third-order valence-corrected chi connectivity index (χ3v) is 4.59. The van der Waals surface area contributed by atoms with Crippen LogP contribution >= 0.6 is 12.2 Å². The highest BCUT2D eigenvalue weighted by Gasteiger charge is 2.12. The molecule has 0 saturated carbocycles. The van der Waals surface area contributed by atoms with Crippen LogP contribution in [0.1, 0.15) is 21.5 Å². The van der Waals surface area contributed by atoms with E-state index in [-0.39, 0.29) is 18.4 Å². The quantitative estimate of drug-likeness (QED) is 0.560. The Balaban J connectivity index is 1.69. The van der Waals surface area contributed by atoms with Crippen molar-refractivity contribution in [3.05, 3.63) is 70.0 Å². The zero-order chi connectivity index (χ0) is 20.1. The van der Waals surface area contributed by atoms with E-state index in [9.17, 15) is 9.59 Å². The molecule has 0 aliphatic heterocycles. The molecule has 0 spiro atoms. The number of rotatable bonds is 6. The van der Waals surface area contributed by atoms with Gasteiger partial charge in [0.05, 0.1) is 0 Å². The van der Waals surface area contributed by atoms with Gasteiger partial charge in [-0.15, -0.1) is 0 Å². The molecule has 3 aromatic rings. The number of carbonyl (C=O) groups excluding carboxylic acids is 2. The van der Waals surface area contributed by atoms with Gasteiger partial charge in [0.15, 0.2) is 10.6 Å². The molecule has 3 N–H and O–H groups in total. The first-order chi connectivity index (χ1) is 13.5. The second-order valence-corrected chi connectivity index (χ2v) is 6.75. The lowest BCUT2D eigenvalue weighted by Gasteiger charge is -2.09. The van der Waals surface area contributed by atoms with E-state index in [1.54, 1.807) is 29.8 Å². The minimum Gasteiger partial charge on any atom is -0.355 e. The van der Waals surface area contributed by atoms with Gasteiger partial charge in [-0.25, -0.2) is 0 Å². The Morgan fingerprint density at radius 3 is 2.64 bits per heavy atom. The zero-order valence-corrected chi connectivity index (χ0v) is 16.5. The second-order valence-electron chi connectivity index (χ2n) is 6.36. The van der Waals surface area contributed by atoms with Crippen LogP contribution in [0.3, 0.4) is 0 Å². The third kappa shape index (κ3) is 4.52. The standard InChI is InChI=1S/C20H21N5O2S/c1-13-6-8-15(9-7-13)18-23-24-20(28)25(18)12-17(26)22-11-14-4-3-5-16(10-14)19(27)21-2/h3-10H,11-12H2,1-2H3,(H,21,27)(H,22,26)(H,24,28). The summed E-state index contributed by atoms with van der Waals surface area (Å²) in [4.78, 5) is 24.2. The monoisotopic (exact) mass is 395 g/mol. The van der Waals surface area contributed by atoms with Gasteiger partial charge in [0.2, 0.25) is 5.91 Å². The van der Waals surface area contributed by atoms with E-state index in [0.717, 1.165) is 16.7 Å². The maximum atomic E-state index is 12.4. The summed E-state index contributed by atoms with van der Waals surface area (Å²) in [5.74, 6) is 0.249. The molecule has 144 valence electrons. The van der Waals surface area contributed by atoms with Crippen LogP contribution in [-0.4, -0.2) is 33.6 Å². The van der Waals surface area contributed by atoms with Crippen LogP contribution in [0.25, 0.3) is 11.4 Å². The van der Waals surface area contributed by atoms with Gasteiger partial charge in [-0.05, 0) is 36.8 Å². The zero-order valence-electron chi connectivity index (χ0n) is 15.7. The molecule has 8 heteroatoms. The van der Waals surface area contributed by atoms with Crippen LogP contribution in [0.15, 0.2) is 48.5 Å². The minimum atomic E-state index is -0.198. The molecule has 0 radical (unpaired) electrons. The average Bonchev–Trinajstić information content (AvgIpc) is 3.07. The van der Waals surface area contributed by atoms with E-state index in [0.29, 0.717) is 22.7 Å². The van der Waals surface area contributed by atoms with Crippen LogP contribution in [0.2, 0.25) is 0 Å². The van der Waals surface area contributed by atoms with Crippen molar-refractivity contribution in [3.63, 3.8) is 0 Å². The van der Waals surface area contributed by atoms with Gasteiger partial charge in [-0.1, -0.05) is 42.0 Å². The highest BCUT2D eigenvalue weighted by molar-refractivity contribution is 7.71. The number of H-pyrrole nitrogens is 1. The smallest absolute Gasteiger partial charge is 0.251 e. The summed E-state index contributed by atoms with van der Waals surface area (Å²) >= 11 is 5.27. The number of amides is 2. The van der Waals surface area contributed by atoms with E-state index in [4.69, 9.17) is 12.2 Å². The van der Waals surface area contributed by atoms with Gasteiger partial charge < -0.3 is 10.6 Å². The van der Waals surface area contributed by atoms with Crippen LogP contribution in [0, 0.1) is 11.7 Å². The number of benzene rings is 2. The van der Waals surface area contributed by atoms with Crippen LogP contribution < -0.4 is 10.6 Å². The Labute approximate surface area is 167 Å². The third-order valence-electron chi connectivity index (χ3n) is 4.28. The maximum absolute atomic E-state index is 12.4. The van der Waals surface area contributed by atoms with Crippen molar-refractivity contribution in [2.45, 2.75) is 20.0 Å². The summed E-state index contributed by atoms with van der Waals surface area (Å²) in [6.07, 6.45) is 0. The number of aromatic nitrogens is 3. The first-order valence-electron chi connectivity index (χ1n) is 8.78. The normalized spacial score (nSPS) is 10.5. The van der Waals surface area contributed by atoms with E-state index in [2.05, 4.69) is 20.8 Å². The Bertz CT molecular complexity index is 1050. The predicted molar refractivity (Wildman–Crippen MR) is 109 cm³/mol. The van der Waals surface area contributed by atoms with E-state index >= 15 is 0 Å². The van der Waals surface area contributed by atoms with Crippen molar-refractivity contribution in [2.24, 2.45) is 0 Å². The molecule has 0 atom stereocenters. The molecular weight excluding hydrogens is 374 g/mol. The largest absolute Gasteiger partial charge is 0.355 e. The molecule has 0 unspecified atom stereocenters. The van der Waals surface area contributed by atoms with Gasteiger partial charge in [-0.3, -0.25) is 19.3 Å². The Morgan fingerprint density at radius 1 is 1.18 bits per heavy atom. The van der Waals surface area contributed by atoms with Gasteiger partial charge in [0.25, 0.3) is 5.91 Å². The van der Waals surface area contributed by atoms with Gasteiger partial charge in [-0.2, -0.15) is 5.10 Å².